The van der Waals surface area contributed by atoms with Crippen LogP contribution in [0.5, 0.6) is 0 Å². The van der Waals surface area contributed by atoms with Crippen molar-refractivity contribution in [1.82, 2.24) is 10.1 Å². The number of carbonyl (C=O) groups is 1. The lowest BCUT2D eigenvalue weighted by Crippen LogP contribution is -1.99. The lowest BCUT2D eigenvalue weighted by atomic mass is 10.1. The van der Waals surface area contributed by atoms with Crippen LogP contribution in [0.3, 0.4) is 0 Å². The number of rotatable bonds is 3. The lowest BCUT2D eigenvalue weighted by Gasteiger charge is -2.00. The van der Waals surface area contributed by atoms with E-state index in [0.29, 0.717) is 12.3 Å². The zero-order chi connectivity index (χ0) is 13.2. The van der Waals surface area contributed by atoms with Gasteiger partial charge in [0.1, 0.15) is 0 Å². The van der Waals surface area contributed by atoms with Crippen molar-refractivity contribution in [2.75, 3.05) is 0 Å². The van der Waals surface area contributed by atoms with Crippen LogP contribution in [0.1, 0.15) is 22.1 Å². The van der Waals surface area contributed by atoms with E-state index in [0.717, 1.165) is 16.3 Å². The summed E-state index contributed by atoms with van der Waals surface area (Å²) in [7, 11) is 0. The van der Waals surface area contributed by atoms with E-state index >= 15 is 0 Å². The highest BCUT2D eigenvalue weighted by Crippen LogP contribution is 2.17. The second-order valence-electron chi connectivity index (χ2n) is 4.18. The van der Waals surface area contributed by atoms with Gasteiger partial charge in [-0.2, -0.15) is 4.98 Å². The number of benzene rings is 2. The van der Waals surface area contributed by atoms with Crippen LogP contribution in [0.15, 0.2) is 47.0 Å². The van der Waals surface area contributed by atoms with Crippen molar-refractivity contribution in [3.05, 3.63) is 59.7 Å². The number of aromatic nitrogens is 2. The molecule has 0 saturated carbocycles. The number of hydrogen-bond acceptors (Lipinski definition) is 4. The molecule has 0 radical (unpaired) electrons. The van der Waals surface area contributed by atoms with Crippen LogP contribution in [-0.4, -0.2) is 21.2 Å². The van der Waals surface area contributed by atoms with Crippen molar-refractivity contribution in [3.8, 4) is 0 Å². The summed E-state index contributed by atoms with van der Waals surface area (Å²) in [6.45, 7) is 0. The van der Waals surface area contributed by atoms with Gasteiger partial charge in [0.25, 0.3) is 5.82 Å². The maximum absolute atomic E-state index is 10.7. The Labute approximate surface area is 108 Å². The summed E-state index contributed by atoms with van der Waals surface area (Å²) < 4.78 is 4.90. The molecule has 5 heteroatoms. The van der Waals surface area contributed by atoms with Gasteiger partial charge < -0.3 is 9.63 Å². The van der Waals surface area contributed by atoms with Gasteiger partial charge in [-0.25, -0.2) is 4.79 Å². The maximum atomic E-state index is 10.7. The minimum Gasteiger partial charge on any atom is -0.475 e. The van der Waals surface area contributed by atoms with Gasteiger partial charge in [0.15, 0.2) is 0 Å². The molecule has 0 aliphatic carbocycles. The average molecular weight is 254 g/mol. The summed E-state index contributed by atoms with van der Waals surface area (Å²) in [5.74, 6) is -1.20. The van der Waals surface area contributed by atoms with Gasteiger partial charge in [-0.1, -0.05) is 42.5 Å². The molecule has 2 aromatic carbocycles. The zero-order valence-corrected chi connectivity index (χ0v) is 9.91. The average Bonchev–Trinajstić information content (AvgIpc) is 2.87. The summed E-state index contributed by atoms with van der Waals surface area (Å²) in [6, 6.07) is 14.0. The topological polar surface area (TPSA) is 76.2 Å². The number of nitrogens with zero attached hydrogens (tertiary/aromatic N) is 2. The molecule has 94 valence electrons. The monoisotopic (exact) mass is 254 g/mol. The van der Waals surface area contributed by atoms with Crippen LogP contribution in [0, 0.1) is 0 Å². The van der Waals surface area contributed by atoms with Crippen LogP contribution in [0.4, 0.5) is 0 Å². The molecule has 1 aromatic heterocycles. The predicted molar refractivity (Wildman–Crippen MR) is 68.0 cm³/mol. The minimum atomic E-state index is -1.19. The predicted octanol–water partition coefficient (Wildman–Crippen LogP) is 2.51. The van der Waals surface area contributed by atoms with Gasteiger partial charge >= 0.3 is 5.97 Å². The first-order valence-electron chi connectivity index (χ1n) is 5.76. The molecule has 0 aliphatic heterocycles. The molecule has 1 N–H and O–H groups in total. The molecule has 0 amide bonds. The quantitative estimate of drug-likeness (QED) is 0.777. The highest BCUT2D eigenvalue weighted by molar-refractivity contribution is 5.83. The van der Waals surface area contributed by atoms with E-state index < -0.39 is 5.97 Å². The van der Waals surface area contributed by atoms with E-state index in [1.165, 1.54) is 0 Å². The van der Waals surface area contributed by atoms with Crippen LogP contribution < -0.4 is 0 Å². The van der Waals surface area contributed by atoms with E-state index in [2.05, 4.69) is 10.1 Å². The van der Waals surface area contributed by atoms with Crippen LogP contribution in [-0.2, 0) is 6.42 Å². The summed E-state index contributed by atoms with van der Waals surface area (Å²) in [5, 5.41) is 14.4. The summed E-state index contributed by atoms with van der Waals surface area (Å²) in [4.78, 5) is 14.5. The fourth-order valence-corrected chi connectivity index (χ4v) is 1.94. The van der Waals surface area contributed by atoms with Crippen molar-refractivity contribution < 1.29 is 14.4 Å². The summed E-state index contributed by atoms with van der Waals surface area (Å²) in [5.41, 5.74) is 0.999. The number of aromatic carboxylic acids is 1. The van der Waals surface area contributed by atoms with Crippen molar-refractivity contribution in [2.45, 2.75) is 6.42 Å². The van der Waals surface area contributed by atoms with Crippen LogP contribution in [0.2, 0.25) is 0 Å². The molecule has 19 heavy (non-hydrogen) atoms. The zero-order valence-electron chi connectivity index (χ0n) is 9.91. The maximum Gasteiger partial charge on any atom is 0.377 e. The number of carboxylic acid groups (broad SMARTS) is 1. The van der Waals surface area contributed by atoms with E-state index in [4.69, 9.17) is 9.63 Å². The Morgan fingerprint density at radius 1 is 1.16 bits per heavy atom. The van der Waals surface area contributed by atoms with E-state index in [1.807, 2.05) is 42.5 Å². The summed E-state index contributed by atoms with van der Waals surface area (Å²) >= 11 is 0. The molecular formula is C14H10N2O3. The minimum absolute atomic E-state index is 0.299. The number of carboxylic acids is 1. The molecule has 0 atom stereocenters. The first-order valence-corrected chi connectivity index (χ1v) is 5.76. The Hall–Kier alpha value is -2.69. The Bertz CT molecular complexity index is 749. The number of hydrogen-bond donors (Lipinski definition) is 1. The van der Waals surface area contributed by atoms with Gasteiger partial charge in [-0.05, 0) is 21.5 Å². The van der Waals surface area contributed by atoms with Crippen LogP contribution >= 0.6 is 0 Å². The van der Waals surface area contributed by atoms with Gasteiger partial charge in [-0.3, -0.25) is 0 Å². The Kier molecular flexibility index (Phi) is 2.72. The molecule has 1 heterocycles. The second-order valence-corrected chi connectivity index (χ2v) is 4.18. The number of fused-ring (bicyclic) bond motifs is 1. The van der Waals surface area contributed by atoms with E-state index in [9.17, 15) is 4.79 Å². The molecule has 0 bridgehead atoms. The fourth-order valence-electron chi connectivity index (χ4n) is 1.94. The van der Waals surface area contributed by atoms with E-state index in [1.54, 1.807) is 0 Å². The van der Waals surface area contributed by atoms with Gasteiger partial charge in [0.05, 0.1) is 6.42 Å². The van der Waals surface area contributed by atoms with Gasteiger partial charge in [0, 0.05) is 0 Å². The third-order valence-electron chi connectivity index (χ3n) is 2.83. The van der Waals surface area contributed by atoms with E-state index in [-0.39, 0.29) is 5.82 Å². The lowest BCUT2D eigenvalue weighted by molar-refractivity contribution is 0.0680. The first-order chi connectivity index (χ1) is 9.22. The standard InChI is InChI=1S/C14H10N2O3/c17-14(18)13-15-12(19-16-13)8-9-5-6-10-3-1-2-4-11(10)7-9/h1-7H,8H2,(H,17,18). The molecule has 3 aromatic rings. The second kappa shape index (κ2) is 4.53. The first kappa shape index (κ1) is 11.4. The molecule has 3 rings (SSSR count). The molecule has 0 fully saturated rings. The fraction of sp³-hybridized carbons (Fsp3) is 0.0714. The summed E-state index contributed by atoms with van der Waals surface area (Å²) in [6.07, 6.45) is 0.422. The van der Waals surface area contributed by atoms with Crippen LogP contribution in [0.25, 0.3) is 10.8 Å². The normalized spacial score (nSPS) is 10.7. The molecular weight excluding hydrogens is 244 g/mol. The highest BCUT2D eigenvalue weighted by atomic mass is 16.5. The molecule has 0 spiro atoms. The Morgan fingerprint density at radius 2 is 1.95 bits per heavy atom. The molecule has 0 unspecified atom stereocenters. The van der Waals surface area contributed by atoms with Gasteiger partial charge in [-0.15, -0.1) is 0 Å². The van der Waals surface area contributed by atoms with Crippen molar-refractivity contribution >= 4 is 16.7 Å². The third kappa shape index (κ3) is 2.30. The Morgan fingerprint density at radius 3 is 2.68 bits per heavy atom. The van der Waals surface area contributed by atoms with Gasteiger partial charge in [0.2, 0.25) is 5.89 Å². The molecule has 5 nitrogen and oxygen atoms in total. The smallest absolute Gasteiger partial charge is 0.377 e. The third-order valence-corrected chi connectivity index (χ3v) is 2.83. The highest BCUT2D eigenvalue weighted by Gasteiger charge is 2.13. The SMILES string of the molecule is O=C(O)c1noc(Cc2ccc3ccccc3c2)n1. The molecule has 0 saturated heterocycles. The van der Waals surface area contributed by atoms with Crippen molar-refractivity contribution in [3.63, 3.8) is 0 Å². The largest absolute Gasteiger partial charge is 0.475 e. The Balaban J connectivity index is 1.89. The van der Waals surface area contributed by atoms with Crippen molar-refractivity contribution in [1.29, 1.82) is 0 Å². The molecule has 0 aliphatic rings. The van der Waals surface area contributed by atoms with Crippen molar-refractivity contribution in [2.24, 2.45) is 0 Å².